The molecule has 2 aromatic heterocycles. The van der Waals surface area contributed by atoms with E-state index in [4.69, 9.17) is 21.6 Å². The van der Waals surface area contributed by atoms with Crippen molar-refractivity contribution in [2.24, 2.45) is 11.5 Å². The Hall–Kier alpha value is -5.31. The average Bonchev–Trinajstić information content (AvgIpc) is 3.52. The van der Waals surface area contributed by atoms with Gasteiger partial charge in [0.25, 0.3) is 5.91 Å². The lowest BCUT2D eigenvalue weighted by Gasteiger charge is -2.34. The predicted octanol–water partition coefficient (Wildman–Crippen LogP) is 3.30. The van der Waals surface area contributed by atoms with E-state index in [1.807, 2.05) is 13.0 Å². The summed E-state index contributed by atoms with van der Waals surface area (Å²) in [6, 6.07) is 7.49. The van der Waals surface area contributed by atoms with Crippen LogP contribution in [0.25, 0.3) is 16.9 Å². The van der Waals surface area contributed by atoms with Crippen molar-refractivity contribution < 1.29 is 23.1 Å². The number of ether oxygens (including phenoxy) is 1. The van der Waals surface area contributed by atoms with Gasteiger partial charge in [0, 0.05) is 54.9 Å². The van der Waals surface area contributed by atoms with Gasteiger partial charge < -0.3 is 37.1 Å². The van der Waals surface area contributed by atoms with Crippen LogP contribution in [0.15, 0.2) is 48.9 Å². The first-order chi connectivity index (χ1) is 23.1. The number of nitrogens with two attached hydrogens (primary N) is 2. The molecule has 2 amide bonds. The highest BCUT2D eigenvalue weighted by molar-refractivity contribution is 5.96. The fourth-order valence-corrected chi connectivity index (χ4v) is 5.83. The van der Waals surface area contributed by atoms with Gasteiger partial charge >= 0.3 is 0 Å². The third kappa shape index (κ3) is 7.46. The number of guanidine groups is 1. The minimum atomic E-state index is -1.08. The predicted molar refractivity (Wildman–Crippen MR) is 178 cm³/mol. The second-order valence-electron chi connectivity index (χ2n) is 11.6. The van der Waals surface area contributed by atoms with Crippen LogP contribution in [0.3, 0.4) is 0 Å². The van der Waals surface area contributed by atoms with Gasteiger partial charge in [0.05, 0.1) is 25.0 Å². The molecule has 254 valence electrons. The van der Waals surface area contributed by atoms with E-state index in [-0.39, 0.29) is 35.1 Å². The van der Waals surface area contributed by atoms with Crippen molar-refractivity contribution in [3.05, 3.63) is 71.7 Å². The molecule has 8 N–H and O–H groups in total. The van der Waals surface area contributed by atoms with Gasteiger partial charge in [0.2, 0.25) is 11.7 Å². The molecule has 0 spiro atoms. The standard InChI is InChI=1S/C33H40F2N10O3/c1-3-19-17-21(42-29-30-41-18-25(45(30)16-13-39-29)23-8-9-26(48-2)28(35)27(23)34)6-7-22(19)31(46)43-20-10-14-44(15-11-20)32(47)24(36)5-4-12-40-33(37)38/h6-9,13,16-18,20,24H,3-5,10-12,14-15,36H2,1-2H3,(H,39,42)(H,43,46)(H4,37,38,40). The summed E-state index contributed by atoms with van der Waals surface area (Å²) in [6.07, 6.45) is 7.53. The van der Waals surface area contributed by atoms with Crippen LogP contribution in [0.4, 0.5) is 20.3 Å². The Morgan fingerprint density at radius 1 is 1.15 bits per heavy atom. The number of nitrogens with one attached hydrogen (secondary N) is 4. The first-order valence-corrected chi connectivity index (χ1v) is 15.8. The molecule has 4 aromatic rings. The molecule has 1 aliphatic heterocycles. The van der Waals surface area contributed by atoms with Crippen LogP contribution in [0, 0.1) is 17.0 Å². The van der Waals surface area contributed by atoms with E-state index in [0.717, 1.165) is 5.56 Å². The number of aromatic nitrogens is 3. The third-order valence-electron chi connectivity index (χ3n) is 8.43. The molecule has 2 aromatic carbocycles. The number of imidazole rings is 1. The Labute approximate surface area is 276 Å². The molecule has 5 rings (SSSR count). The number of carbonyl (C=O) groups is 2. The second-order valence-corrected chi connectivity index (χ2v) is 11.6. The van der Waals surface area contributed by atoms with Crippen LogP contribution in [-0.4, -0.2) is 75.9 Å². The van der Waals surface area contributed by atoms with Crippen LogP contribution < -0.4 is 32.2 Å². The molecule has 1 fully saturated rings. The molecule has 15 heteroatoms. The largest absolute Gasteiger partial charge is 0.494 e. The number of carbonyl (C=O) groups excluding carboxylic acids is 2. The van der Waals surface area contributed by atoms with Crippen molar-refractivity contribution in [2.45, 2.75) is 51.1 Å². The number of piperidine rings is 1. The zero-order valence-corrected chi connectivity index (χ0v) is 26.9. The lowest BCUT2D eigenvalue weighted by molar-refractivity contribution is -0.133. The van der Waals surface area contributed by atoms with Crippen LogP contribution in [-0.2, 0) is 11.2 Å². The number of benzene rings is 2. The maximum Gasteiger partial charge on any atom is 0.251 e. The molecule has 0 aliphatic carbocycles. The SMILES string of the molecule is CCc1cc(Nc2nccn3c(-c4ccc(OC)c(F)c4F)cnc23)ccc1C(=O)NC1CCN(C(=O)C(N)CCCNC(=N)N)CC1. The molecule has 13 nitrogen and oxygen atoms in total. The Kier molecular flexibility index (Phi) is 10.7. The molecule has 1 atom stereocenters. The number of methoxy groups -OCH3 is 1. The summed E-state index contributed by atoms with van der Waals surface area (Å²) in [5.74, 6) is -2.34. The van der Waals surface area contributed by atoms with Gasteiger partial charge in [0.15, 0.2) is 29.0 Å². The number of anilines is 2. The highest BCUT2D eigenvalue weighted by Crippen LogP contribution is 2.32. The van der Waals surface area contributed by atoms with E-state index in [2.05, 4.69) is 25.9 Å². The quantitative estimate of drug-likeness (QED) is 0.0751. The fraction of sp³-hybridized carbons (Fsp3) is 0.364. The van der Waals surface area contributed by atoms with E-state index in [0.29, 0.717) is 80.1 Å². The lowest BCUT2D eigenvalue weighted by Crippen LogP contribution is -2.51. The third-order valence-corrected chi connectivity index (χ3v) is 8.43. The lowest BCUT2D eigenvalue weighted by atomic mass is 10.0. The monoisotopic (exact) mass is 662 g/mol. The van der Waals surface area contributed by atoms with Gasteiger partial charge in [-0.2, -0.15) is 4.39 Å². The molecule has 1 aliphatic rings. The summed E-state index contributed by atoms with van der Waals surface area (Å²) in [7, 11) is 1.27. The first-order valence-electron chi connectivity index (χ1n) is 15.8. The van der Waals surface area contributed by atoms with Crippen molar-refractivity contribution in [1.82, 2.24) is 29.9 Å². The smallest absolute Gasteiger partial charge is 0.251 e. The normalized spacial score (nSPS) is 14.1. The summed E-state index contributed by atoms with van der Waals surface area (Å²) in [5, 5.41) is 16.3. The Morgan fingerprint density at radius 2 is 1.92 bits per heavy atom. The van der Waals surface area contributed by atoms with Crippen molar-refractivity contribution in [3.8, 4) is 17.0 Å². The van der Waals surface area contributed by atoms with Gasteiger partial charge in [-0.05, 0) is 68.0 Å². The number of hydrogen-bond acceptors (Lipinski definition) is 8. The van der Waals surface area contributed by atoms with Crippen LogP contribution >= 0.6 is 0 Å². The van der Waals surface area contributed by atoms with E-state index in [1.165, 1.54) is 31.6 Å². The van der Waals surface area contributed by atoms with Crippen molar-refractivity contribution in [3.63, 3.8) is 0 Å². The molecule has 0 saturated carbocycles. The van der Waals surface area contributed by atoms with Crippen molar-refractivity contribution >= 4 is 34.9 Å². The number of rotatable bonds is 12. The zero-order chi connectivity index (χ0) is 34.4. The highest BCUT2D eigenvalue weighted by Gasteiger charge is 2.27. The molecular formula is C33H40F2N10O3. The number of hydrogen-bond donors (Lipinski definition) is 6. The first kappa shape index (κ1) is 34.0. The number of amides is 2. The van der Waals surface area contributed by atoms with Crippen LogP contribution in [0.2, 0.25) is 0 Å². The summed E-state index contributed by atoms with van der Waals surface area (Å²) in [4.78, 5) is 36.7. The molecular weight excluding hydrogens is 622 g/mol. The summed E-state index contributed by atoms with van der Waals surface area (Å²) >= 11 is 0. The van der Waals surface area contributed by atoms with Gasteiger partial charge in [-0.1, -0.05) is 6.92 Å². The molecule has 0 bridgehead atoms. The Morgan fingerprint density at radius 3 is 2.62 bits per heavy atom. The zero-order valence-electron chi connectivity index (χ0n) is 26.9. The summed E-state index contributed by atoms with van der Waals surface area (Å²) in [6.45, 7) is 3.44. The van der Waals surface area contributed by atoms with E-state index in [9.17, 15) is 18.4 Å². The van der Waals surface area contributed by atoms with Gasteiger partial charge in [-0.25, -0.2) is 14.4 Å². The maximum atomic E-state index is 14.9. The minimum absolute atomic E-state index is 0.0256. The molecule has 1 unspecified atom stereocenters. The number of nitrogens with zero attached hydrogens (tertiary/aromatic N) is 4. The molecule has 1 saturated heterocycles. The van der Waals surface area contributed by atoms with Crippen molar-refractivity contribution in [2.75, 3.05) is 32.1 Å². The average molecular weight is 663 g/mol. The number of aryl methyl sites for hydroxylation is 1. The fourth-order valence-electron chi connectivity index (χ4n) is 5.83. The van der Waals surface area contributed by atoms with E-state index < -0.39 is 17.7 Å². The Bertz CT molecular complexity index is 1810. The molecule has 48 heavy (non-hydrogen) atoms. The minimum Gasteiger partial charge on any atom is -0.494 e. The number of halogens is 2. The summed E-state index contributed by atoms with van der Waals surface area (Å²) < 4.78 is 35.8. The summed E-state index contributed by atoms with van der Waals surface area (Å²) in [5.41, 5.74) is 14.2. The van der Waals surface area contributed by atoms with E-state index in [1.54, 1.807) is 27.6 Å². The van der Waals surface area contributed by atoms with Crippen LogP contribution in [0.1, 0.15) is 48.5 Å². The van der Waals surface area contributed by atoms with Gasteiger partial charge in [-0.3, -0.25) is 19.4 Å². The van der Waals surface area contributed by atoms with Crippen molar-refractivity contribution in [1.29, 1.82) is 5.41 Å². The maximum absolute atomic E-state index is 14.9. The number of likely N-dealkylation sites (tertiary alicyclic amines) is 1. The molecule has 3 heterocycles. The molecule has 0 radical (unpaired) electrons. The number of fused-ring (bicyclic) bond motifs is 1. The second kappa shape index (κ2) is 15.1. The highest BCUT2D eigenvalue weighted by atomic mass is 19.2. The van der Waals surface area contributed by atoms with E-state index >= 15 is 0 Å². The van der Waals surface area contributed by atoms with Crippen LogP contribution in [0.5, 0.6) is 5.75 Å². The van der Waals surface area contributed by atoms with Gasteiger partial charge in [-0.15, -0.1) is 0 Å². The topological polar surface area (TPSA) is 189 Å². The Balaban J connectivity index is 1.21. The van der Waals surface area contributed by atoms with Gasteiger partial charge in [0.1, 0.15) is 0 Å².